The molecule has 1 aliphatic rings. The molecule has 0 bridgehead atoms. The van der Waals surface area contributed by atoms with Crippen LogP contribution in [0.4, 0.5) is 26.3 Å². The predicted octanol–water partition coefficient (Wildman–Crippen LogP) is 6.81. The lowest BCUT2D eigenvalue weighted by molar-refractivity contribution is -0.139. The zero-order valence-corrected chi connectivity index (χ0v) is 17.4. The molecule has 0 saturated carbocycles. The molecule has 3 rings (SSSR count). The molecule has 1 N–H and O–H groups in total. The van der Waals surface area contributed by atoms with Crippen molar-refractivity contribution in [3.05, 3.63) is 69.7 Å². The second-order valence-electron chi connectivity index (χ2n) is 7.90. The number of rotatable bonds is 5. The van der Waals surface area contributed by atoms with Crippen molar-refractivity contribution in [3.8, 4) is 0 Å². The summed E-state index contributed by atoms with van der Waals surface area (Å²) in [5.74, 6) is -1.18. The third kappa shape index (κ3) is 5.95. The Bertz CT molecular complexity index is 958. The standard InChI is InChI=1S/C22H20ClF6NO2/c23-18-6-5-17(22(27,28)29)11-15(18)12-30-8-7-13(10-20(31)32)9-19(30)14-1-3-16(4-2-14)21(24,25)26/h1-6,11,13,19H,7-10,12H2,(H,31,32). The third-order valence-electron chi connectivity index (χ3n) is 5.65. The fourth-order valence-corrected chi connectivity index (χ4v) is 4.22. The average molecular weight is 480 g/mol. The van der Waals surface area contributed by atoms with Crippen LogP contribution in [-0.4, -0.2) is 22.5 Å². The Morgan fingerprint density at radius 3 is 2.16 bits per heavy atom. The number of hydrogen-bond donors (Lipinski definition) is 1. The van der Waals surface area contributed by atoms with Gasteiger partial charge in [-0.05, 0) is 66.8 Å². The number of carboxylic acid groups (broad SMARTS) is 1. The van der Waals surface area contributed by atoms with E-state index < -0.39 is 35.5 Å². The molecule has 2 aromatic rings. The molecule has 1 aliphatic heterocycles. The van der Waals surface area contributed by atoms with Crippen molar-refractivity contribution in [2.24, 2.45) is 5.92 Å². The van der Waals surface area contributed by atoms with E-state index in [1.165, 1.54) is 18.2 Å². The fourth-order valence-electron chi connectivity index (χ4n) is 4.04. The van der Waals surface area contributed by atoms with Gasteiger partial charge in [-0.3, -0.25) is 9.69 Å². The minimum atomic E-state index is -4.54. The highest BCUT2D eigenvalue weighted by molar-refractivity contribution is 6.31. The minimum absolute atomic E-state index is 0.0498. The van der Waals surface area contributed by atoms with Gasteiger partial charge >= 0.3 is 18.3 Å². The Balaban J connectivity index is 1.90. The largest absolute Gasteiger partial charge is 0.481 e. The number of benzene rings is 2. The number of aliphatic carboxylic acids is 1. The highest BCUT2D eigenvalue weighted by atomic mass is 35.5. The molecule has 0 spiro atoms. The Labute approximate surface area is 185 Å². The van der Waals surface area contributed by atoms with Gasteiger partial charge < -0.3 is 5.11 Å². The van der Waals surface area contributed by atoms with E-state index >= 15 is 0 Å². The summed E-state index contributed by atoms with van der Waals surface area (Å²) in [5.41, 5.74) is -0.873. The average Bonchev–Trinajstić information content (AvgIpc) is 2.69. The van der Waals surface area contributed by atoms with Crippen molar-refractivity contribution >= 4 is 17.6 Å². The van der Waals surface area contributed by atoms with E-state index in [9.17, 15) is 31.1 Å². The highest BCUT2D eigenvalue weighted by Crippen LogP contribution is 2.39. The maximum Gasteiger partial charge on any atom is 0.416 e. The number of carboxylic acids is 1. The van der Waals surface area contributed by atoms with Crippen LogP contribution in [-0.2, 0) is 23.7 Å². The maximum atomic E-state index is 13.1. The number of carbonyl (C=O) groups is 1. The summed E-state index contributed by atoms with van der Waals surface area (Å²) in [7, 11) is 0. The molecular weight excluding hydrogens is 460 g/mol. The summed E-state index contributed by atoms with van der Waals surface area (Å²) in [5, 5.41) is 9.28. The van der Waals surface area contributed by atoms with Crippen molar-refractivity contribution in [3.63, 3.8) is 0 Å². The molecule has 1 fully saturated rings. The SMILES string of the molecule is O=C(O)CC1CCN(Cc2cc(C(F)(F)F)ccc2Cl)C(c2ccc(C(F)(F)F)cc2)C1. The zero-order chi connectivity index (χ0) is 23.7. The Hall–Kier alpha value is -2.26. The van der Waals surface area contributed by atoms with E-state index in [0.717, 1.165) is 24.3 Å². The molecule has 2 aromatic carbocycles. The van der Waals surface area contributed by atoms with Crippen molar-refractivity contribution < 1.29 is 36.2 Å². The maximum absolute atomic E-state index is 13.1. The topological polar surface area (TPSA) is 40.5 Å². The molecular formula is C22H20ClF6NO2. The van der Waals surface area contributed by atoms with Gasteiger partial charge in [-0.25, -0.2) is 0 Å². The fraction of sp³-hybridized carbons (Fsp3) is 0.409. The van der Waals surface area contributed by atoms with Crippen molar-refractivity contribution in [2.45, 2.75) is 44.2 Å². The van der Waals surface area contributed by atoms with Crippen LogP contribution < -0.4 is 0 Å². The molecule has 0 aliphatic carbocycles. The predicted molar refractivity (Wildman–Crippen MR) is 106 cm³/mol. The molecule has 10 heteroatoms. The molecule has 174 valence electrons. The number of halogens is 7. The number of nitrogens with zero attached hydrogens (tertiary/aromatic N) is 1. The molecule has 1 saturated heterocycles. The van der Waals surface area contributed by atoms with Gasteiger partial charge in [0.15, 0.2) is 0 Å². The normalized spacial score (nSPS) is 20.3. The summed E-state index contributed by atoms with van der Waals surface area (Å²) in [6, 6.07) is 7.13. The van der Waals surface area contributed by atoms with E-state index in [4.69, 9.17) is 16.7 Å². The molecule has 0 radical (unpaired) electrons. The van der Waals surface area contributed by atoms with E-state index in [2.05, 4.69) is 0 Å². The third-order valence-corrected chi connectivity index (χ3v) is 6.02. The molecule has 0 amide bonds. The Morgan fingerprint density at radius 1 is 1.00 bits per heavy atom. The van der Waals surface area contributed by atoms with Crippen LogP contribution >= 0.6 is 11.6 Å². The second kappa shape index (κ2) is 9.31. The van der Waals surface area contributed by atoms with E-state index in [0.29, 0.717) is 24.9 Å². The van der Waals surface area contributed by atoms with Crippen LogP contribution in [0.1, 0.15) is 47.6 Å². The summed E-state index contributed by atoms with van der Waals surface area (Å²) >= 11 is 6.13. The van der Waals surface area contributed by atoms with Crippen LogP contribution in [0.3, 0.4) is 0 Å². The first-order valence-corrected chi connectivity index (χ1v) is 10.2. The van der Waals surface area contributed by atoms with E-state index in [1.807, 2.05) is 4.90 Å². The lowest BCUT2D eigenvalue weighted by Gasteiger charge is -2.40. The van der Waals surface area contributed by atoms with Crippen LogP contribution in [0, 0.1) is 5.92 Å². The zero-order valence-electron chi connectivity index (χ0n) is 16.7. The van der Waals surface area contributed by atoms with Gasteiger partial charge in [0.2, 0.25) is 0 Å². The number of piperidine rings is 1. The number of hydrogen-bond acceptors (Lipinski definition) is 2. The van der Waals surface area contributed by atoms with Crippen LogP contribution in [0.15, 0.2) is 42.5 Å². The molecule has 32 heavy (non-hydrogen) atoms. The lowest BCUT2D eigenvalue weighted by Crippen LogP contribution is -2.37. The van der Waals surface area contributed by atoms with Gasteiger partial charge in [0, 0.05) is 24.0 Å². The van der Waals surface area contributed by atoms with E-state index in [1.54, 1.807) is 0 Å². The molecule has 2 atom stereocenters. The van der Waals surface area contributed by atoms with Crippen molar-refractivity contribution in [1.29, 1.82) is 0 Å². The first-order valence-electron chi connectivity index (χ1n) is 9.83. The van der Waals surface area contributed by atoms with Gasteiger partial charge in [-0.2, -0.15) is 26.3 Å². The van der Waals surface area contributed by atoms with Crippen LogP contribution in [0.2, 0.25) is 5.02 Å². The van der Waals surface area contributed by atoms with Crippen molar-refractivity contribution in [2.75, 3.05) is 6.54 Å². The van der Waals surface area contributed by atoms with Crippen LogP contribution in [0.5, 0.6) is 0 Å². The molecule has 1 heterocycles. The monoisotopic (exact) mass is 479 g/mol. The first-order chi connectivity index (χ1) is 14.8. The lowest BCUT2D eigenvalue weighted by atomic mass is 9.84. The van der Waals surface area contributed by atoms with Gasteiger partial charge in [-0.15, -0.1) is 0 Å². The van der Waals surface area contributed by atoms with Gasteiger partial charge in [-0.1, -0.05) is 23.7 Å². The summed E-state index contributed by atoms with van der Waals surface area (Å²) in [6.45, 7) is 0.421. The minimum Gasteiger partial charge on any atom is -0.481 e. The summed E-state index contributed by atoms with van der Waals surface area (Å²) in [6.07, 6.45) is -8.27. The molecule has 0 aromatic heterocycles. The van der Waals surface area contributed by atoms with Gasteiger partial charge in [0.1, 0.15) is 0 Å². The number of likely N-dealkylation sites (tertiary alicyclic amines) is 1. The van der Waals surface area contributed by atoms with E-state index in [-0.39, 0.29) is 29.5 Å². The smallest absolute Gasteiger partial charge is 0.416 e. The van der Waals surface area contributed by atoms with Gasteiger partial charge in [0.05, 0.1) is 11.1 Å². The highest BCUT2D eigenvalue weighted by Gasteiger charge is 2.35. The molecule has 2 unspecified atom stereocenters. The number of alkyl halides is 6. The van der Waals surface area contributed by atoms with Crippen molar-refractivity contribution in [1.82, 2.24) is 4.90 Å². The Kier molecular flexibility index (Phi) is 7.09. The summed E-state index contributed by atoms with van der Waals surface area (Å²) in [4.78, 5) is 13.0. The first kappa shape index (κ1) is 24.4. The Morgan fingerprint density at radius 2 is 1.59 bits per heavy atom. The quantitative estimate of drug-likeness (QED) is 0.479. The molecule has 3 nitrogen and oxygen atoms in total. The van der Waals surface area contributed by atoms with Crippen LogP contribution in [0.25, 0.3) is 0 Å². The van der Waals surface area contributed by atoms with Gasteiger partial charge in [0.25, 0.3) is 0 Å². The summed E-state index contributed by atoms with van der Waals surface area (Å²) < 4.78 is 78.2. The second-order valence-corrected chi connectivity index (χ2v) is 8.31.